The lowest BCUT2D eigenvalue weighted by Crippen LogP contribution is -2.43. The van der Waals surface area contributed by atoms with E-state index in [4.69, 9.17) is 14.2 Å². The van der Waals surface area contributed by atoms with Gasteiger partial charge in [-0.1, -0.05) is 13.8 Å². The van der Waals surface area contributed by atoms with E-state index in [2.05, 4.69) is 13.8 Å². The van der Waals surface area contributed by atoms with Crippen LogP contribution in [0.1, 0.15) is 44.0 Å². The van der Waals surface area contributed by atoms with Crippen molar-refractivity contribution in [2.75, 3.05) is 38.4 Å². The summed E-state index contributed by atoms with van der Waals surface area (Å²) in [7, 11) is -1.63. The van der Waals surface area contributed by atoms with Crippen molar-refractivity contribution < 1.29 is 32.2 Å². The molecule has 1 heterocycles. The second-order valence-corrected chi connectivity index (χ2v) is 9.94. The highest BCUT2D eigenvalue weighted by Crippen LogP contribution is 2.28. The highest BCUT2D eigenvalue weighted by atomic mass is 32.2. The number of carbonyl (C=O) groups is 2. The molecule has 1 amide bonds. The third-order valence-corrected chi connectivity index (χ3v) is 6.74. The van der Waals surface area contributed by atoms with Crippen molar-refractivity contribution in [3.63, 3.8) is 0 Å². The molecule has 1 aliphatic heterocycles. The van der Waals surface area contributed by atoms with Crippen molar-refractivity contribution >= 4 is 21.7 Å². The molecule has 8 nitrogen and oxygen atoms in total. The van der Waals surface area contributed by atoms with Gasteiger partial charge in [-0.3, -0.25) is 4.79 Å². The van der Waals surface area contributed by atoms with Crippen LogP contribution < -0.4 is 9.47 Å². The van der Waals surface area contributed by atoms with Crippen LogP contribution in [0.3, 0.4) is 0 Å². The fraction of sp³-hybridized carbons (Fsp3) is 0.619. The summed E-state index contributed by atoms with van der Waals surface area (Å²) in [5.41, 5.74) is 0.238. The van der Waals surface area contributed by atoms with E-state index >= 15 is 0 Å². The molecule has 1 saturated heterocycles. The quantitative estimate of drug-likeness (QED) is 0.514. The van der Waals surface area contributed by atoms with Gasteiger partial charge in [0.15, 0.2) is 27.9 Å². The maximum Gasteiger partial charge on any atom is 0.338 e. The summed E-state index contributed by atoms with van der Waals surface area (Å²) in [5, 5.41) is 0. The molecule has 1 aromatic carbocycles. The van der Waals surface area contributed by atoms with E-state index < -0.39 is 28.3 Å². The molecule has 1 aliphatic rings. The smallest absolute Gasteiger partial charge is 0.338 e. The van der Waals surface area contributed by atoms with Crippen LogP contribution in [0, 0.1) is 5.92 Å². The van der Waals surface area contributed by atoms with Gasteiger partial charge < -0.3 is 19.1 Å². The Labute approximate surface area is 178 Å². The molecule has 0 bridgehead atoms. The Morgan fingerprint density at radius 2 is 1.97 bits per heavy atom. The molecular formula is C21H31NO7S. The van der Waals surface area contributed by atoms with E-state index in [1.54, 1.807) is 19.1 Å². The third-order valence-electron chi connectivity index (χ3n) is 4.99. The highest BCUT2D eigenvalue weighted by molar-refractivity contribution is 7.91. The Morgan fingerprint density at radius 1 is 1.23 bits per heavy atom. The van der Waals surface area contributed by atoms with Crippen LogP contribution in [0.25, 0.3) is 0 Å². The number of hydrogen-bond donors (Lipinski definition) is 0. The van der Waals surface area contributed by atoms with Crippen LogP contribution >= 0.6 is 0 Å². The van der Waals surface area contributed by atoms with Crippen molar-refractivity contribution in [1.29, 1.82) is 0 Å². The number of nitrogens with zero attached hydrogens (tertiary/aromatic N) is 1. The van der Waals surface area contributed by atoms with Crippen LogP contribution in [0.2, 0.25) is 0 Å². The lowest BCUT2D eigenvalue weighted by Gasteiger charge is -2.26. The van der Waals surface area contributed by atoms with Gasteiger partial charge >= 0.3 is 5.97 Å². The number of amides is 1. The van der Waals surface area contributed by atoms with Gasteiger partial charge in [-0.05, 0) is 43.9 Å². The molecule has 30 heavy (non-hydrogen) atoms. The first-order chi connectivity index (χ1) is 14.2. The normalized spacial score (nSPS) is 17.6. The molecule has 1 aromatic rings. The molecule has 2 rings (SSSR count). The second kappa shape index (κ2) is 10.7. The minimum atomic E-state index is -3.11. The molecule has 1 atom stereocenters. The zero-order valence-corrected chi connectivity index (χ0v) is 18.9. The van der Waals surface area contributed by atoms with Gasteiger partial charge in [-0.15, -0.1) is 0 Å². The van der Waals surface area contributed by atoms with E-state index in [0.717, 1.165) is 6.42 Å². The first-order valence-electron chi connectivity index (χ1n) is 10.1. The molecule has 0 radical (unpaired) electrons. The fourth-order valence-electron chi connectivity index (χ4n) is 3.27. The number of benzene rings is 1. The van der Waals surface area contributed by atoms with E-state index in [1.165, 1.54) is 18.1 Å². The number of ether oxygens (including phenoxy) is 3. The van der Waals surface area contributed by atoms with Crippen LogP contribution in [0.4, 0.5) is 0 Å². The molecule has 9 heteroatoms. The zero-order chi connectivity index (χ0) is 22.3. The predicted molar refractivity (Wildman–Crippen MR) is 113 cm³/mol. The molecule has 0 saturated carbocycles. The summed E-state index contributed by atoms with van der Waals surface area (Å²) in [6.07, 6.45) is 1.30. The van der Waals surface area contributed by atoms with Crippen molar-refractivity contribution in [2.45, 2.75) is 39.7 Å². The summed E-state index contributed by atoms with van der Waals surface area (Å²) in [6, 6.07) is 4.34. The minimum absolute atomic E-state index is 0.0456. The Morgan fingerprint density at radius 3 is 2.53 bits per heavy atom. The molecule has 168 valence electrons. The van der Waals surface area contributed by atoms with E-state index in [9.17, 15) is 18.0 Å². The van der Waals surface area contributed by atoms with Crippen molar-refractivity contribution in [1.82, 2.24) is 4.90 Å². The average Bonchev–Trinajstić information content (AvgIpc) is 3.05. The number of likely N-dealkylation sites (N-methyl/N-ethyl adjacent to an activating group) is 1. The fourth-order valence-corrected chi connectivity index (χ4v) is 5.00. The van der Waals surface area contributed by atoms with Gasteiger partial charge in [-0.2, -0.15) is 0 Å². The van der Waals surface area contributed by atoms with Gasteiger partial charge in [-0.25, -0.2) is 13.2 Å². The van der Waals surface area contributed by atoms with Crippen LogP contribution in [0.5, 0.6) is 11.5 Å². The summed E-state index contributed by atoms with van der Waals surface area (Å²) >= 11 is 0. The Hall–Kier alpha value is -2.29. The molecule has 1 fully saturated rings. The van der Waals surface area contributed by atoms with Crippen LogP contribution in [-0.2, 0) is 19.4 Å². The number of carbonyl (C=O) groups excluding carboxylic acids is 2. The van der Waals surface area contributed by atoms with Crippen molar-refractivity contribution in [3.05, 3.63) is 23.8 Å². The second-order valence-electron chi connectivity index (χ2n) is 7.71. The lowest BCUT2D eigenvalue weighted by atomic mass is 10.1. The summed E-state index contributed by atoms with van der Waals surface area (Å²) in [5.74, 6) is 0.410. The van der Waals surface area contributed by atoms with Gasteiger partial charge in [0.05, 0.1) is 30.8 Å². The molecule has 0 spiro atoms. The monoisotopic (exact) mass is 441 g/mol. The van der Waals surface area contributed by atoms with Crippen molar-refractivity contribution in [2.24, 2.45) is 5.92 Å². The molecule has 1 unspecified atom stereocenters. The number of sulfone groups is 1. The Kier molecular flexibility index (Phi) is 8.52. The van der Waals surface area contributed by atoms with E-state index in [0.29, 0.717) is 37.0 Å². The highest BCUT2D eigenvalue weighted by Gasteiger charge is 2.34. The minimum Gasteiger partial charge on any atom is -0.493 e. The maximum atomic E-state index is 12.5. The molecule has 0 N–H and O–H groups in total. The Balaban J connectivity index is 1.95. The molecular weight excluding hydrogens is 410 g/mol. The van der Waals surface area contributed by atoms with Crippen LogP contribution in [0.15, 0.2) is 18.2 Å². The van der Waals surface area contributed by atoms with Crippen LogP contribution in [-0.4, -0.2) is 69.6 Å². The molecule has 0 aliphatic carbocycles. The first-order valence-corrected chi connectivity index (χ1v) is 12.0. The van der Waals surface area contributed by atoms with Gasteiger partial charge in [0.25, 0.3) is 5.91 Å². The summed E-state index contributed by atoms with van der Waals surface area (Å²) in [6.45, 7) is 6.42. The maximum absolute atomic E-state index is 12.5. The topological polar surface area (TPSA) is 99.2 Å². The number of esters is 1. The summed E-state index contributed by atoms with van der Waals surface area (Å²) < 4.78 is 39.5. The van der Waals surface area contributed by atoms with Crippen molar-refractivity contribution in [3.8, 4) is 11.5 Å². The molecule has 0 aromatic heterocycles. The van der Waals surface area contributed by atoms with E-state index in [-0.39, 0.29) is 23.1 Å². The van der Waals surface area contributed by atoms with Gasteiger partial charge in [0.2, 0.25) is 0 Å². The standard InChI is InChI=1S/C21H31NO7S/c1-5-22(17-9-11-30(25,26)14-17)20(23)13-29-21(24)16-6-7-18(19(12-16)27-4)28-10-8-15(2)3/h6-7,12,15,17H,5,8-11,13-14H2,1-4H3. The predicted octanol–water partition coefficient (Wildman–Crippen LogP) is 2.31. The zero-order valence-electron chi connectivity index (χ0n) is 18.0. The average molecular weight is 442 g/mol. The largest absolute Gasteiger partial charge is 0.493 e. The third kappa shape index (κ3) is 6.62. The number of hydrogen-bond acceptors (Lipinski definition) is 7. The van der Waals surface area contributed by atoms with E-state index in [1.807, 2.05) is 0 Å². The van der Waals surface area contributed by atoms with Gasteiger partial charge in [0.1, 0.15) is 0 Å². The lowest BCUT2D eigenvalue weighted by molar-refractivity contribution is -0.136. The number of rotatable bonds is 10. The summed E-state index contributed by atoms with van der Waals surface area (Å²) in [4.78, 5) is 26.3. The SMILES string of the molecule is CCN(C(=O)COC(=O)c1ccc(OCCC(C)C)c(OC)c1)C1CCS(=O)(=O)C1. The number of methoxy groups -OCH3 is 1. The van der Waals surface area contributed by atoms with Gasteiger partial charge in [0, 0.05) is 12.6 Å². The Bertz CT molecular complexity index is 851. The first kappa shape index (κ1) is 24.0.